The Kier molecular flexibility index (Phi) is 5.98. The fourth-order valence-electron chi connectivity index (χ4n) is 1.86. The number of amides is 1. The van der Waals surface area contributed by atoms with Crippen molar-refractivity contribution in [3.8, 4) is 0 Å². The van der Waals surface area contributed by atoms with Crippen LogP contribution in [0.4, 0.5) is 0 Å². The Hall–Kier alpha value is 0.110. The fourth-order valence-corrected chi connectivity index (χ4v) is 3.48. The maximum atomic E-state index is 12.1. The predicted octanol–water partition coefficient (Wildman–Crippen LogP) is 3.19. The van der Waals surface area contributed by atoms with E-state index < -0.39 is 0 Å². The molecule has 0 aliphatic carbocycles. The van der Waals surface area contributed by atoms with E-state index in [2.05, 4.69) is 19.2 Å². The van der Waals surface area contributed by atoms with Crippen LogP contribution in [0.5, 0.6) is 0 Å². The van der Waals surface area contributed by atoms with Gasteiger partial charge in [0.05, 0.1) is 5.25 Å². The lowest BCUT2D eigenvalue weighted by atomic mass is 9.95. The van der Waals surface area contributed by atoms with Crippen LogP contribution in [0.25, 0.3) is 0 Å². The first-order valence-electron chi connectivity index (χ1n) is 6.11. The summed E-state index contributed by atoms with van der Waals surface area (Å²) < 4.78 is 0. The third-order valence-corrected chi connectivity index (χ3v) is 4.89. The fraction of sp³-hybridized carbons (Fsp3) is 0.917. The molecule has 94 valence electrons. The van der Waals surface area contributed by atoms with Gasteiger partial charge in [0.25, 0.3) is 0 Å². The van der Waals surface area contributed by atoms with E-state index in [4.69, 9.17) is 11.6 Å². The van der Waals surface area contributed by atoms with Crippen LogP contribution in [0, 0.1) is 0 Å². The number of carbonyl (C=O) groups is 1. The van der Waals surface area contributed by atoms with E-state index in [1.165, 1.54) is 12.8 Å². The van der Waals surface area contributed by atoms with Crippen LogP contribution in [0.3, 0.4) is 0 Å². The molecule has 0 saturated carbocycles. The van der Waals surface area contributed by atoms with E-state index in [1.807, 2.05) is 0 Å². The number of halogens is 1. The highest BCUT2D eigenvalue weighted by molar-refractivity contribution is 8.00. The van der Waals surface area contributed by atoms with Crippen molar-refractivity contribution in [3.05, 3.63) is 0 Å². The summed E-state index contributed by atoms with van der Waals surface area (Å²) in [6.45, 7) is 4.18. The molecule has 1 heterocycles. The van der Waals surface area contributed by atoms with E-state index in [-0.39, 0.29) is 16.7 Å². The Morgan fingerprint density at radius 1 is 1.56 bits per heavy atom. The molecule has 1 fully saturated rings. The second-order valence-corrected chi connectivity index (χ2v) is 6.39. The van der Waals surface area contributed by atoms with Crippen molar-refractivity contribution in [2.75, 3.05) is 11.6 Å². The van der Waals surface area contributed by atoms with E-state index in [9.17, 15) is 4.79 Å². The molecule has 4 heteroatoms. The minimum atomic E-state index is -0.128. The van der Waals surface area contributed by atoms with Gasteiger partial charge in [0, 0.05) is 11.4 Å². The van der Waals surface area contributed by atoms with E-state index in [1.54, 1.807) is 11.8 Å². The molecule has 0 aromatic carbocycles. The molecule has 16 heavy (non-hydrogen) atoms. The van der Waals surface area contributed by atoms with Crippen molar-refractivity contribution < 1.29 is 4.79 Å². The van der Waals surface area contributed by atoms with Gasteiger partial charge < -0.3 is 5.32 Å². The standard InChI is InChI=1S/C12H22ClNOS/c1-3-12(2,7-8-13)14-11(15)10-6-4-5-9-16-10/h10H,3-9H2,1-2H3,(H,14,15). The molecule has 2 atom stereocenters. The van der Waals surface area contributed by atoms with Gasteiger partial charge >= 0.3 is 0 Å². The largest absolute Gasteiger partial charge is 0.350 e. The second-order valence-electron chi connectivity index (χ2n) is 4.70. The maximum absolute atomic E-state index is 12.1. The molecule has 2 nitrogen and oxygen atoms in total. The van der Waals surface area contributed by atoms with Gasteiger partial charge in [-0.3, -0.25) is 4.79 Å². The average molecular weight is 264 g/mol. The highest BCUT2D eigenvalue weighted by atomic mass is 35.5. The molecule has 0 spiro atoms. The van der Waals surface area contributed by atoms with Crippen LogP contribution in [-0.4, -0.2) is 28.3 Å². The summed E-state index contributed by atoms with van der Waals surface area (Å²) in [5.74, 6) is 1.93. The molecule has 1 aliphatic rings. The monoisotopic (exact) mass is 263 g/mol. The van der Waals surface area contributed by atoms with Gasteiger partial charge in [0.1, 0.15) is 0 Å². The summed E-state index contributed by atoms with van der Waals surface area (Å²) in [5.41, 5.74) is -0.128. The molecule has 0 aromatic rings. The first-order valence-corrected chi connectivity index (χ1v) is 7.69. The zero-order chi connectivity index (χ0) is 12.0. The van der Waals surface area contributed by atoms with Crippen molar-refractivity contribution in [1.29, 1.82) is 0 Å². The van der Waals surface area contributed by atoms with Crippen molar-refractivity contribution in [2.45, 2.75) is 56.7 Å². The summed E-state index contributed by atoms with van der Waals surface area (Å²) in [6, 6.07) is 0. The Balaban J connectivity index is 2.47. The number of nitrogens with one attached hydrogen (secondary N) is 1. The molecule has 1 N–H and O–H groups in total. The Morgan fingerprint density at radius 3 is 2.81 bits per heavy atom. The van der Waals surface area contributed by atoms with Crippen LogP contribution < -0.4 is 5.32 Å². The lowest BCUT2D eigenvalue weighted by molar-refractivity contribution is -0.122. The molecular weight excluding hydrogens is 242 g/mol. The van der Waals surface area contributed by atoms with E-state index in [0.29, 0.717) is 5.88 Å². The minimum Gasteiger partial charge on any atom is -0.350 e. The number of rotatable bonds is 5. The van der Waals surface area contributed by atoms with Gasteiger partial charge in [-0.15, -0.1) is 23.4 Å². The zero-order valence-corrected chi connectivity index (χ0v) is 11.8. The summed E-state index contributed by atoms with van der Waals surface area (Å²) in [7, 11) is 0. The minimum absolute atomic E-state index is 0.128. The Morgan fingerprint density at radius 2 is 2.31 bits per heavy atom. The van der Waals surface area contributed by atoms with E-state index in [0.717, 1.165) is 25.0 Å². The lowest BCUT2D eigenvalue weighted by Gasteiger charge is -2.31. The molecule has 1 rings (SSSR count). The smallest absolute Gasteiger partial charge is 0.233 e. The van der Waals surface area contributed by atoms with Gasteiger partial charge in [-0.25, -0.2) is 0 Å². The van der Waals surface area contributed by atoms with Gasteiger partial charge in [0.15, 0.2) is 0 Å². The summed E-state index contributed by atoms with van der Waals surface area (Å²) in [4.78, 5) is 12.1. The number of hydrogen-bond acceptors (Lipinski definition) is 2. The number of alkyl halides is 1. The lowest BCUT2D eigenvalue weighted by Crippen LogP contribution is -2.49. The molecule has 2 unspecified atom stereocenters. The highest BCUT2D eigenvalue weighted by Gasteiger charge is 2.28. The second kappa shape index (κ2) is 6.75. The normalized spacial score (nSPS) is 24.8. The molecule has 0 radical (unpaired) electrons. The first kappa shape index (κ1) is 14.2. The zero-order valence-electron chi connectivity index (χ0n) is 10.2. The van der Waals surface area contributed by atoms with E-state index >= 15 is 0 Å². The number of hydrogen-bond donors (Lipinski definition) is 1. The van der Waals surface area contributed by atoms with Crippen LogP contribution >= 0.6 is 23.4 Å². The summed E-state index contributed by atoms with van der Waals surface area (Å²) in [6.07, 6.45) is 5.23. The van der Waals surface area contributed by atoms with Gasteiger partial charge in [-0.05, 0) is 38.4 Å². The SMILES string of the molecule is CCC(C)(CCCl)NC(=O)C1CCCCS1. The molecule has 1 aliphatic heterocycles. The van der Waals surface area contributed by atoms with Crippen LogP contribution in [0.2, 0.25) is 0 Å². The molecule has 0 bridgehead atoms. The average Bonchev–Trinajstić information content (AvgIpc) is 2.30. The molecule has 1 amide bonds. The van der Waals surface area contributed by atoms with Gasteiger partial charge in [0.2, 0.25) is 5.91 Å². The van der Waals surface area contributed by atoms with Crippen molar-refractivity contribution in [3.63, 3.8) is 0 Å². The van der Waals surface area contributed by atoms with Crippen LogP contribution in [-0.2, 0) is 4.79 Å². The quantitative estimate of drug-likeness (QED) is 0.772. The maximum Gasteiger partial charge on any atom is 0.233 e. The summed E-state index contributed by atoms with van der Waals surface area (Å²) >= 11 is 7.57. The third-order valence-electron chi connectivity index (χ3n) is 3.32. The first-order chi connectivity index (χ1) is 7.61. The molecule has 0 aromatic heterocycles. The van der Waals surface area contributed by atoms with Crippen molar-refractivity contribution >= 4 is 29.3 Å². The van der Waals surface area contributed by atoms with Crippen molar-refractivity contribution in [1.82, 2.24) is 5.32 Å². The third kappa shape index (κ3) is 4.17. The topological polar surface area (TPSA) is 29.1 Å². The summed E-state index contributed by atoms with van der Waals surface area (Å²) in [5, 5.41) is 3.33. The number of carbonyl (C=O) groups excluding carboxylic acids is 1. The van der Waals surface area contributed by atoms with Gasteiger partial charge in [-0.1, -0.05) is 13.3 Å². The predicted molar refractivity (Wildman–Crippen MR) is 72.3 cm³/mol. The Labute approximate surface area is 108 Å². The van der Waals surface area contributed by atoms with Gasteiger partial charge in [-0.2, -0.15) is 0 Å². The highest BCUT2D eigenvalue weighted by Crippen LogP contribution is 2.26. The van der Waals surface area contributed by atoms with Crippen molar-refractivity contribution in [2.24, 2.45) is 0 Å². The molecular formula is C12H22ClNOS. The Bertz CT molecular complexity index is 231. The molecule has 1 saturated heterocycles. The van der Waals surface area contributed by atoms with Crippen LogP contribution in [0.15, 0.2) is 0 Å². The number of thioether (sulfide) groups is 1. The van der Waals surface area contributed by atoms with Crippen LogP contribution in [0.1, 0.15) is 46.0 Å².